The van der Waals surface area contributed by atoms with Crippen molar-refractivity contribution in [1.82, 2.24) is 24.5 Å². The van der Waals surface area contributed by atoms with Crippen molar-refractivity contribution >= 4 is 23.3 Å². The Balaban J connectivity index is 1.17. The fraction of sp³-hybridized carbons (Fsp3) is 0.357. The Hall–Kier alpha value is -4.38. The van der Waals surface area contributed by atoms with Gasteiger partial charge in [-0.3, -0.25) is 4.79 Å². The number of amides is 1. The van der Waals surface area contributed by atoms with Gasteiger partial charge in [-0.15, -0.1) is 5.10 Å². The maximum atomic E-state index is 13.2. The molecule has 4 aromatic rings. The van der Waals surface area contributed by atoms with E-state index >= 15 is 0 Å². The zero-order chi connectivity index (χ0) is 26.8. The van der Waals surface area contributed by atoms with Gasteiger partial charge in [0.1, 0.15) is 11.5 Å². The number of morpholine rings is 1. The van der Waals surface area contributed by atoms with Gasteiger partial charge in [-0.2, -0.15) is 9.50 Å². The van der Waals surface area contributed by atoms with Gasteiger partial charge in [0, 0.05) is 68.3 Å². The normalized spacial score (nSPS) is 16.0. The molecule has 1 amide bonds. The molecule has 0 saturated carbocycles. The van der Waals surface area contributed by atoms with E-state index in [1.807, 2.05) is 11.0 Å². The number of anilines is 2. The predicted molar refractivity (Wildman–Crippen MR) is 147 cm³/mol. The minimum absolute atomic E-state index is 0.0562. The zero-order valence-electron chi connectivity index (χ0n) is 22.1. The van der Waals surface area contributed by atoms with E-state index in [0.29, 0.717) is 55.0 Å². The van der Waals surface area contributed by atoms with Crippen molar-refractivity contribution in [3.8, 4) is 22.8 Å². The van der Waals surface area contributed by atoms with Crippen LogP contribution >= 0.6 is 0 Å². The molecule has 202 valence electrons. The molecule has 0 unspecified atom stereocenters. The van der Waals surface area contributed by atoms with Crippen molar-refractivity contribution in [3.63, 3.8) is 0 Å². The monoisotopic (exact) mass is 529 g/mol. The molecule has 11 nitrogen and oxygen atoms in total. The van der Waals surface area contributed by atoms with Crippen molar-refractivity contribution in [2.24, 2.45) is 0 Å². The summed E-state index contributed by atoms with van der Waals surface area (Å²) in [5.74, 6) is 2.27. The summed E-state index contributed by atoms with van der Waals surface area (Å²) >= 11 is 0. The molecule has 2 aromatic carbocycles. The lowest BCUT2D eigenvalue weighted by Crippen LogP contribution is -2.49. The number of ether oxygens (including phenoxy) is 3. The van der Waals surface area contributed by atoms with Gasteiger partial charge in [-0.25, -0.2) is 4.98 Å². The van der Waals surface area contributed by atoms with E-state index in [2.05, 4.69) is 39.0 Å². The minimum Gasteiger partial charge on any atom is -0.497 e. The maximum Gasteiger partial charge on any atom is 0.254 e. The van der Waals surface area contributed by atoms with Gasteiger partial charge >= 0.3 is 0 Å². The molecular formula is C28H31N7O4. The van der Waals surface area contributed by atoms with E-state index < -0.39 is 0 Å². The summed E-state index contributed by atoms with van der Waals surface area (Å²) in [6.45, 7) is 5.66. The van der Waals surface area contributed by atoms with Crippen LogP contribution in [0.4, 0.5) is 11.6 Å². The Kier molecular flexibility index (Phi) is 6.89. The number of piperazine rings is 1. The molecule has 2 aliphatic rings. The summed E-state index contributed by atoms with van der Waals surface area (Å²) in [5.41, 5.74) is 3.69. The number of carbonyl (C=O) groups is 1. The quantitative estimate of drug-likeness (QED) is 0.373. The Morgan fingerprint density at radius 1 is 0.846 bits per heavy atom. The topological polar surface area (TPSA) is 97.6 Å². The van der Waals surface area contributed by atoms with Crippen LogP contribution in [0.15, 0.2) is 54.7 Å². The SMILES string of the molecule is COc1cc(OC)cc(C(=O)N2CCN(c3nc4nccc(-c5ccc(N6CCOCC6)cc5)n4n3)CC2)c1. The maximum absolute atomic E-state index is 13.2. The molecule has 0 atom stereocenters. The number of carbonyl (C=O) groups excluding carboxylic acids is 1. The Bertz CT molecular complexity index is 1440. The molecule has 4 heterocycles. The highest BCUT2D eigenvalue weighted by atomic mass is 16.5. The van der Waals surface area contributed by atoms with Crippen molar-refractivity contribution in [2.45, 2.75) is 0 Å². The predicted octanol–water partition coefficient (Wildman–Crippen LogP) is 2.61. The van der Waals surface area contributed by atoms with Crippen LogP contribution < -0.4 is 19.3 Å². The summed E-state index contributed by atoms with van der Waals surface area (Å²) in [7, 11) is 3.15. The van der Waals surface area contributed by atoms with Crippen molar-refractivity contribution < 1.29 is 19.0 Å². The standard InChI is InChI=1S/C28H31N7O4/c1-37-23-17-21(18-24(19-23)38-2)26(36)33-9-11-34(12-10-33)28-30-27-29-8-7-25(35(27)31-28)20-3-5-22(6-4-20)32-13-15-39-16-14-32/h3-8,17-19H,9-16H2,1-2H3. The number of hydrogen-bond acceptors (Lipinski definition) is 9. The molecule has 2 fully saturated rings. The molecule has 2 saturated heterocycles. The molecule has 2 aliphatic heterocycles. The van der Waals surface area contributed by atoms with Crippen LogP contribution in [0.5, 0.6) is 11.5 Å². The molecule has 0 bridgehead atoms. The molecule has 2 aromatic heterocycles. The fourth-order valence-corrected chi connectivity index (χ4v) is 5.02. The van der Waals surface area contributed by atoms with Gasteiger partial charge in [-0.05, 0) is 30.3 Å². The lowest BCUT2D eigenvalue weighted by molar-refractivity contribution is 0.0745. The highest BCUT2D eigenvalue weighted by molar-refractivity contribution is 5.95. The van der Waals surface area contributed by atoms with E-state index in [0.717, 1.165) is 37.6 Å². The molecule has 39 heavy (non-hydrogen) atoms. The van der Waals surface area contributed by atoms with Gasteiger partial charge in [0.05, 0.1) is 33.1 Å². The van der Waals surface area contributed by atoms with Crippen molar-refractivity contribution in [3.05, 3.63) is 60.3 Å². The number of rotatable bonds is 6. The second kappa shape index (κ2) is 10.8. The van der Waals surface area contributed by atoms with Crippen LogP contribution in [-0.2, 0) is 4.74 Å². The lowest BCUT2D eigenvalue weighted by atomic mass is 10.1. The second-order valence-corrected chi connectivity index (χ2v) is 9.48. The Labute approximate surface area is 226 Å². The second-order valence-electron chi connectivity index (χ2n) is 9.48. The number of aromatic nitrogens is 4. The van der Waals surface area contributed by atoms with Crippen LogP contribution in [0.2, 0.25) is 0 Å². The van der Waals surface area contributed by atoms with E-state index in [4.69, 9.17) is 24.3 Å². The minimum atomic E-state index is -0.0562. The average molecular weight is 530 g/mol. The molecule has 0 aliphatic carbocycles. The first-order valence-electron chi connectivity index (χ1n) is 13.0. The lowest BCUT2D eigenvalue weighted by Gasteiger charge is -2.34. The number of fused-ring (bicyclic) bond motifs is 1. The molecule has 6 rings (SSSR count). The van der Waals surface area contributed by atoms with Gasteiger partial charge in [-0.1, -0.05) is 12.1 Å². The molecular weight excluding hydrogens is 498 g/mol. The molecule has 0 radical (unpaired) electrons. The first kappa shape index (κ1) is 24.9. The van der Waals surface area contributed by atoms with Crippen LogP contribution in [0, 0.1) is 0 Å². The summed E-state index contributed by atoms with van der Waals surface area (Å²) in [4.78, 5) is 28.6. The van der Waals surface area contributed by atoms with Gasteiger partial charge in [0.15, 0.2) is 0 Å². The summed E-state index contributed by atoms with van der Waals surface area (Å²) in [6, 6.07) is 15.7. The van der Waals surface area contributed by atoms with E-state index in [-0.39, 0.29) is 5.91 Å². The number of benzene rings is 2. The first-order chi connectivity index (χ1) is 19.1. The average Bonchev–Trinajstić information content (AvgIpc) is 3.46. The third kappa shape index (κ3) is 5.05. The smallest absolute Gasteiger partial charge is 0.254 e. The van der Waals surface area contributed by atoms with E-state index in [9.17, 15) is 4.79 Å². The number of nitrogens with zero attached hydrogens (tertiary/aromatic N) is 7. The van der Waals surface area contributed by atoms with Gasteiger partial charge in [0.2, 0.25) is 5.95 Å². The third-order valence-electron chi connectivity index (χ3n) is 7.22. The molecule has 11 heteroatoms. The van der Waals surface area contributed by atoms with Crippen LogP contribution in [-0.4, -0.2) is 97.1 Å². The largest absolute Gasteiger partial charge is 0.497 e. The highest BCUT2D eigenvalue weighted by Gasteiger charge is 2.25. The first-order valence-corrected chi connectivity index (χ1v) is 13.0. The molecule has 0 spiro atoms. The van der Waals surface area contributed by atoms with Crippen LogP contribution in [0.1, 0.15) is 10.4 Å². The van der Waals surface area contributed by atoms with Crippen LogP contribution in [0.25, 0.3) is 17.0 Å². The Morgan fingerprint density at radius 3 is 2.21 bits per heavy atom. The highest BCUT2D eigenvalue weighted by Crippen LogP contribution is 2.26. The summed E-state index contributed by atoms with van der Waals surface area (Å²) < 4.78 is 17.9. The van der Waals surface area contributed by atoms with Crippen LogP contribution in [0.3, 0.4) is 0 Å². The third-order valence-corrected chi connectivity index (χ3v) is 7.22. The van der Waals surface area contributed by atoms with Crippen molar-refractivity contribution in [2.75, 3.05) is 76.5 Å². The Morgan fingerprint density at radius 2 is 1.54 bits per heavy atom. The zero-order valence-corrected chi connectivity index (χ0v) is 22.1. The fourth-order valence-electron chi connectivity index (χ4n) is 5.02. The number of hydrogen-bond donors (Lipinski definition) is 0. The summed E-state index contributed by atoms with van der Waals surface area (Å²) in [6.07, 6.45) is 1.76. The molecule has 0 N–H and O–H groups in total. The van der Waals surface area contributed by atoms with E-state index in [1.165, 1.54) is 5.69 Å². The van der Waals surface area contributed by atoms with Gasteiger partial charge in [0.25, 0.3) is 11.7 Å². The number of methoxy groups -OCH3 is 2. The van der Waals surface area contributed by atoms with E-state index in [1.54, 1.807) is 43.1 Å². The van der Waals surface area contributed by atoms with Gasteiger partial charge < -0.3 is 28.9 Å². The summed E-state index contributed by atoms with van der Waals surface area (Å²) in [5, 5.41) is 4.80. The van der Waals surface area contributed by atoms with Crippen molar-refractivity contribution in [1.29, 1.82) is 0 Å².